The minimum atomic E-state index is -1.09. The smallest absolute Gasteiger partial charge is 0.408 e. The van der Waals surface area contributed by atoms with Crippen LogP contribution in [-0.4, -0.2) is 34.6 Å². The summed E-state index contributed by atoms with van der Waals surface area (Å²) in [5.41, 5.74) is -0.668. The summed E-state index contributed by atoms with van der Waals surface area (Å²) < 4.78 is 5.11. The number of hydrogen-bond donors (Lipinski definition) is 2. The first-order valence-corrected chi connectivity index (χ1v) is 8.57. The molecule has 0 aromatic heterocycles. The second kappa shape index (κ2) is 7.57. The second-order valence-corrected chi connectivity index (χ2v) is 7.45. The average Bonchev–Trinajstić information content (AvgIpc) is 2.49. The average molecular weight is 347 g/mol. The van der Waals surface area contributed by atoms with E-state index in [9.17, 15) is 14.7 Å². The molecule has 6 heteroatoms. The zero-order valence-electron chi connectivity index (χ0n) is 13.9. The minimum absolute atomic E-state index is 0.215. The number of aliphatic carboxylic acids is 1. The molecule has 1 atom stereocenters. The van der Waals surface area contributed by atoms with Crippen LogP contribution >= 0.6 is 11.8 Å². The molecular formula is C18H21NO4S. The third kappa shape index (κ3) is 5.45. The van der Waals surface area contributed by atoms with Crippen LogP contribution in [0.3, 0.4) is 0 Å². The summed E-state index contributed by atoms with van der Waals surface area (Å²) in [6.45, 7) is 5.19. The third-order valence-electron chi connectivity index (χ3n) is 3.13. The highest BCUT2D eigenvalue weighted by Crippen LogP contribution is 2.24. The highest BCUT2D eigenvalue weighted by Gasteiger charge is 2.24. The van der Waals surface area contributed by atoms with Crippen LogP contribution in [0, 0.1) is 0 Å². The number of alkyl carbamates (subject to hydrolysis) is 1. The van der Waals surface area contributed by atoms with Gasteiger partial charge in [-0.15, -0.1) is 11.8 Å². The van der Waals surface area contributed by atoms with Crippen molar-refractivity contribution in [3.05, 3.63) is 42.5 Å². The zero-order valence-corrected chi connectivity index (χ0v) is 14.7. The molecule has 5 nitrogen and oxygen atoms in total. The van der Waals surface area contributed by atoms with Gasteiger partial charge in [-0.3, -0.25) is 0 Å². The van der Waals surface area contributed by atoms with E-state index >= 15 is 0 Å². The van der Waals surface area contributed by atoms with E-state index < -0.39 is 23.7 Å². The third-order valence-corrected chi connectivity index (χ3v) is 4.21. The second-order valence-electron chi connectivity index (χ2n) is 6.36. The summed E-state index contributed by atoms with van der Waals surface area (Å²) in [5, 5.41) is 13.9. The first-order valence-electron chi connectivity index (χ1n) is 7.58. The molecule has 2 rings (SSSR count). The van der Waals surface area contributed by atoms with Crippen LogP contribution < -0.4 is 5.32 Å². The fourth-order valence-corrected chi connectivity index (χ4v) is 3.02. The molecule has 0 aliphatic carbocycles. The van der Waals surface area contributed by atoms with Gasteiger partial charge in [0.15, 0.2) is 0 Å². The van der Waals surface area contributed by atoms with Gasteiger partial charge in [0.2, 0.25) is 0 Å². The number of thioether (sulfide) groups is 1. The number of fused-ring (bicyclic) bond motifs is 1. The summed E-state index contributed by atoms with van der Waals surface area (Å²) in [7, 11) is 0. The molecule has 2 aromatic rings. The molecule has 0 saturated heterocycles. The van der Waals surface area contributed by atoms with Crippen LogP contribution in [0.5, 0.6) is 0 Å². The van der Waals surface area contributed by atoms with E-state index in [1.807, 2.05) is 42.5 Å². The SMILES string of the molecule is CC(C)(C)OC(=O)N[C@H](CSc1ccc2ccccc2c1)C(=O)O. The fraction of sp³-hybridized carbons (Fsp3) is 0.333. The number of amides is 1. The number of carbonyl (C=O) groups is 2. The largest absolute Gasteiger partial charge is 0.480 e. The van der Waals surface area contributed by atoms with E-state index in [1.165, 1.54) is 11.8 Å². The van der Waals surface area contributed by atoms with Crippen molar-refractivity contribution in [1.29, 1.82) is 0 Å². The monoisotopic (exact) mass is 347 g/mol. The highest BCUT2D eigenvalue weighted by molar-refractivity contribution is 7.99. The Bertz CT molecular complexity index is 739. The number of carboxylic acid groups (broad SMARTS) is 1. The lowest BCUT2D eigenvalue weighted by Crippen LogP contribution is -2.44. The quantitative estimate of drug-likeness (QED) is 0.802. The standard InChI is InChI=1S/C18H21NO4S/c1-18(2,3)23-17(22)19-15(16(20)21)11-24-14-9-8-12-6-4-5-7-13(12)10-14/h4-10,15H,11H2,1-3H3,(H,19,22)(H,20,21)/t15-/m1/s1. The van der Waals surface area contributed by atoms with Crippen molar-refractivity contribution in [2.24, 2.45) is 0 Å². The van der Waals surface area contributed by atoms with E-state index in [0.717, 1.165) is 15.7 Å². The van der Waals surface area contributed by atoms with Crippen LogP contribution in [0.15, 0.2) is 47.4 Å². The van der Waals surface area contributed by atoms with Crippen molar-refractivity contribution < 1.29 is 19.4 Å². The first kappa shape index (κ1) is 18.1. The molecule has 0 aliphatic heterocycles. The van der Waals surface area contributed by atoms with Crippen LogP contribution in [0.2, 0.25) is 0 Å². The van der Waals surface area contributed by atoms with Gasteiger partial charge in [0.25, 0.3) is 0 Å². The molecule has 0 radical (unpaired) electrons. The molecule has 0 heterocycles. The Hall–Kier alpha value is -2.21. The van der Waals surface area contributed by atoms with Crippen molar-refractivity contribution in [1.82, 2.24) is 5.32 Å². The zero-order chi connectivity index (χ0) is 17.7. The van der Waals surface area contributed by atoms with Crippen LogP contribution in [0.1, 0.15) is 20.8 Å². The molecule has 0 fully saturated rings. The maximum absolute atomic E-state index is 11.8. The molecule has 1 amide bonds. The van der Waals surface area contributed by atoms with Crippen LogP contribution in [0.25, 0.3) is 10.8 Å². The van der Waals surface area contributed by atoms with Crippen molar-refractivity contribution in [3.8, 4) is 0 Å². The molecule has 128 valence electrons. The number of hydrogen-bond acceptors (Lipinski definition) is 4. The number of carbonyl (C=O) groups excluding carboxylic acids is 1. The van der Waals surface area contributed by atoms with Gasteiger partial charge in [0.1, 0.15) is 11.6 Å². The Kier molecular flexibility index (Phi) is 5.72. The minimum Gasteiger partial charge on any atom is -0.480 e. The lowest BCUT2D eigenvalue weighted by molar-refractivity contribution is -0.138. The van der Waals surface area contributed by atoms with Crippen molar-refractivity contribution in [3.63, 3.8) is 0 Å². The summed E-state index contributed by atoms with van der Waals surface area (Å²) in [6.07, 6.45) is -0.728. The topological polar surface area (TPSA) is 75.6 Å². The lowest BCUT2D eigenvalue weighted by Gasteiger charge is -2.21. The Morgan fingerprint density at radius 3 is 2.46 bits per heavy atom. The Morgan fingerprint density at radius 2 is 1.83 bits per heavy atom. The van der Waals surface area contributed by atoms with Gasteiger partial charge in [-0.2, -0.15) is 0 Å². The van der Waals surface area contributed by atoms with Gasteiger partial charge < -0.3 is 15.2 Å². The van der Waals surface area contributed by atoms with E-state index in [2.05, 4.69) is 5.32 Å². The first-order chi connectivity index (χ1) is 11.2. The van der Waals surface area contributed by atoms with Gasteiger partial charge in [-0.1, -0.05) is 30.3 Å². The molecule has 2 aromatic carbocycles. The van der Waals surface area contributed by atoms with Gasteiger partial charge in [0.05, 0.1) is 0 Å². The molecule has 2 N–H and O–H groups in total. The van der Waals surface area contributed by atoms with Gasteiger partial charge in [0, 0.05) is 10.6 Å². The number of nitrogens with one attached hydrogen (secondary N) is 1. The Balaban J connectivity index is 1.99. The molecule has 0 aliphatic rings. The molecule has 0 unspecified atom stereocenters. The molecule has 0 spiro atoms. The highest BCUT2D eigenvalue weighted by atomic mass is 32.2. The maximum Gasteiger partial charge on any atom is 0.408 e. The van der Waals surface area contributed by atoms with E-state index in [-0.39, 0.29) is 5.75 Å². The van der Waals surface area contributed by atoms with Crippen molar-refractivity contribution in [2.45, 2.75) is 37.3 Å². The summed E-state index contributed by atoms with van der Waals surface area (Å²) in [4.78, 5) is 24.1. The molecular weight excluding hydrogens is 326 g/mol. The van der Waals surface area contributed by atoms with Gasteiger partial charge in [-0.25, -0.2) is 9.59 Å². The Labute approximate surface area is 145 Å². The fourth-order valence-electron chi connectivity index (χ4n) is 2.06. The summed E-state index contributed by atoms with van der Waals surface area (Å²) >= 11 is 1.38. The summed E-state index contributed by atoms with van der Waals surface area (Å²) in [6, 6.07) is 12.9. The number of carboxylic acids is 1. The normalized spacial score (nSPS) is 12.6. The van der Waals surface area contributed by atoms with E-state index in [4.69, 9.17) is 4.74 Å². The number of benzene rings is 2. The maximum atomic E-state index is 11.8. The molecule has 0 saturated carbocycles. The number of ether oxygens (including phenoxy) is 1. The molecule has 0 bridgehead atoms. The van der Waals surface area contributed by atoms with Crippen LogP contribution in [0.4, 0.5) is 4.79 Å². The van der Waals surface area contributed by atoms with Gasteiger partial charge in [-0.05, 0) is 43.7 Å². The molecule has 24 heavy (non-hydrogen) atoms. The van der Waals surface area contributed by atoms with Gasteiger partial charge >= 0.3 is 12.1 Å². The Morgan fingerprint density at radius 1 is 1.17 bits per heavy atom. The van der Waals surface area contributed by atoms with Crippen LogP contribution in [-0.2, 0) is 9.53 Å². The number of rotatable bonds is 5. The predicted molar refractivity (Wildman–Crippen MR) is 95.5 cm³/mol. The van der Waals surface area contributed by atoms with Crippen molar-refractivity contribution in [2.75, 3.05) is 5.75 Å². The van der Waals surface area contributed by atoms with E-state index in [0.29, 0.717) is 0 Å². The van der Waals surface area contributed by atoms with Crippen molar-refractivity contribution >= 4 is 34.6 Å². The lowest BCUT2D eigenvalue weighted by atomic mass is 10.1. The van der Waals surface area contributed by atoms with E-state index in [1.54, 1.807) is 20.8 Å². The summed E-state index contributed by atoms with van der Waals surface area (Å²) in [5.74, 6) is -0.874. The predicted octanol–water partition coefficient (Wildman–Crippen LogP) is 3.91.